The molecule has 0 saturated heterocycles. The van der Waals surface area contributed by atoms with E-state index < -0.39 is 5.41 Å². The number of nitrogens with zero attached hydrogens (tertiary/aromatic N) is 1. The van der Waals surface area contributed by atoms with Gasteiger partial charge in [-0.15, -0.1) is 0 Å². The van der Waals surface area contributed by atoms with Gasteiger partial charge in [0.1, 0.15) is 0 Å². The molecule has 0 bridgehead atoms. The first-order valence-electron chi connectivity index (χ1n) is 5.90. The summed E-state index contributed by atoms with van der Waals surface area (Å²) in [7, 11) is 0. The maximum Gasteiger partial charge on any atom is 0.230 e. The Morgan fingerprint density at radius 3 is 2.68 bits per heavy atom. The predicted molar refractivity (Wildman–Crippen MR) is 76.7 cm³/mol. The van der Waals surface area contributed by atoms with E-state index in [2.05, 4.69) is 10.5 Å². The number of oxime groups is 1. The maximum absolute atomic E-state index is 12.1. The van der Waals surface area contributed by atoms with Crippen LogP contribution in [0.2, 0.25) is 5.02 Å². The topological polar surface area (TPSA) is 87.7 Å². The summed E-state index contributed by atoms with van der Waals surface area (Å²) in [6.45, 7) is 5.64. The average molecular weight is 284 g/mol. The van der Waals surface area contributed by atoms with Gasteiger partial charge in [0, 0.05) is 11.0 Å². The minimum Gasteiger partial charge on any atom is -0.409 e. The lowest BCUT2D eigenvalue weighted by atomic mass is 9.89. The van der Waals surface area contributed by atoms with Gasteiger partial charge >= 0.3 is 0 Å². The van der Waals surface area contributed by atoms with Crippen molar-refractivity contribution in [1.82, 2.24) is 0 Å². The Bertz CT molecular complexity index is 513. The number of benzene rings is 1. The van der Waals surface area contributed by atoms with E-state index in [9.17, 15) is 4.79 Å². The molecule has 1 aromatic rings. The van der Waals surface area contributed by atoms with Crippen LogP contribution >= 0.6 is 11.6 Å². The van der Waals surface area contributed by atoms with Crippen molar-refractivity contribution in [3.63, 3.8) is 0 Å². The van der Waals surface area contributed by atoms with Crippen molar-refractivity contribution >= 4 is 29.0 Å². The first-order chi connectivity index (χ1) is 8.81. The lowest BCUT2D eigenvalue weighted by Crippen LogP contribution is -2.30. The zero-order valence-electron chi connectivity index (χ0n) is 11.2. The number of amidine groups is 1. The number of halogens is 1. The first-order valence-corrected chi connectivity index (χ1v) is 6.28. The Morgan fingerprint density at radius 1 is 1.53 bits per heavy atom. The maximum atomic E-state index is 12.1. The van der Waals surface area contributed by atoms with Crippen LogP contribution in [0.15, 0.2) is 23.4 Å². The Labute approximate surface area is 117 Å². The quantitative estimate of drug-likeness (QED) is 0.344. The molecule has 0 saturated carbocycles. The minimum absolute atomic E-state index is 0.0399. The van der Waals surface area contributed by atoms with E-state index in [1.165, 1.54) is 0 Å². The van der Waals surface area contributed by atoms with E-state index in [0.717, 1.165) is 0 Å². The summed E-state index contributed by atoms with van der Waals surface area (Å²) in [5, 5.41) is 14.7. The Kier molecular flexibility index (Phi) is 4.78. The predicted octanol–water partition coefficient (Wildman–Crippen LogP) is 2.81. The number of carbonyl (C=O) groups is 1. The van der Waals surface area contributed by atoms with E-state index in [1.807, 2.05) is 20.8 Å². The van der Waals surface area contributed by atoms with E-state index in [4.69, 9.17) is 22.5 Å². The molecule has 0 radical (unpaired) electrons. The van der Waals surface area contributed by atoms with Crippen LogP contribution in [0.3, 0.4) is 0 Å². The molecule has 1 rings (SSSR count). The fourth-order valence-electron chi connectivity index (χ4n) is 1.29. The molecule has 0 fully saturated rings. The van der Waals surface area contributed by atoms with Gasteiger partial charge in [-0.05, 0) is 24.6 Å². The Hall–Kier alpha value is -1.75. The molecule has 0 unspecified atom stereocenters. The Balaban J connectivity index is 3.05. The lowest BCUT2D eigenvalue weighted by Gasteiger charge is -2.22. The summed E-state index contributed by atoms with van der Waals surface area (Å²) < 4.78 is 0. The number of amides is 1. The molecule has 1 aromatic carbocycles. The molecule has 4 N–H and O–H groups in total. The van der Waals surface area contributed by atoms with Crippen LogP contribution in [0.5, 0.6) is 0 Å². The third kappa shape index (κ3) is 3.61. The lowest BCUT2D eigenvalue weighted by molar-refractivity contribution is -0.124. The van der Waals surface area contributed by atoms with Crippen LogP contribution in [-0.2, 0) is 4.79 Å². The van der Waals surface area contributed by atoms with E-state index in [0.29, 0.717) is 22.7 Å². The van der Waals surface area contributed by atoms with Crippen LogP contribution in [-0.4, -0.2) is 17.0 Å². The van der Waals surface area contributed by atoms with Crippen molar-refractivity contribution < 1.29 is 10.0 Å². The van der Waals surface area contributed by atoms with Gasteiger partial charge in [-0.2, -0.15) is 0 Å². The third-order valence-electron chi connectivity index (χ3n) is 3.12. The average Bonchev–Trinajstić information content (AvgIpc) is 2.40. The summed E-state index contributed by atoms with van der Waals surface area (Å²) in [6.07, 6.45) is 0.705. The molecular weight excluding hydrogens is 266 g/mol. The van der Waals surface area contributed by atoms with Crippen LogP contribution in [0, 0.1) is 5.41 Å². The van der Waals surface area contributed by atoms with Gasteiger partial charge in [0.25, 0.3) is 0 Å². The number of nitrogens with one attached hydrogen (secondary N) is 1. The molecule has 0 spiro atoms. The molecule has 0 aliphatic carbocycles. The molecule has 1 amide bonds. The van der Waals surface area contributed by atoms with Crippen molar-refractivity contribution in [1.29, 1.82) is 0 Å². The van der Waals surface area contributed by atoms with Gasteiger partial charge in [-0.25, -0.2) is 0 Å². The van der Waals surface area contributed by atoms with Gasteiger partial charge in [-0.1, -0.05) is 37.5 Å². The van der Waals surface area contributed by atoms with Crippen LogP contribution in [0.25, 0.3) is 0 Å². The number of carbonyl (C=O) groups excluding carboxylic acids is 1. The van der Waals surface area contributed by atoms with E-state index in [1.54, 1.807) is 18.2 Å². The summed E-state index contributed by atoms with van der Waals surface area (Å²) in [4.78, 5) is 12.1. The molecule has 0 atom stereocenters. The fraction of sp³-hybridized carbons (Fsp3) is 0.385. The standard InChI is InChI=1S/C13H18ClN3O2/c1-4-13(2,3)12(18)16-10-7-8(11(15)17-19)5-6-9(10)14/h5-7,19H,4H2,1-3H3,(H2,15,17)(H,16,18). The third-order valence-corrected chi connectivity index (χ3v) is 3.45. The van der Waals surface area contributed by atoms with Crippen LogP contribution in [0.4, 0.5) is 5.69 Å². The van der Waals surface area contributed by atoms with Gasteiger partial charge in [0.2, 0.25) is 5.91 Å². The van der Waals surface area contributed by atoms with Crippen LogP contribution in [0.1, 0.15) is 32.8 Å². The van der Waals surface area contributed by atoms with Crippen molar-refractivity contribution in [3.8, 4) is 0 Å². The molecular formula is C13H18ClN3O2. The summed E-state index contributed by atoms with van der Waals surface area (Å²) in [6, 6.07) is 4.77. The first kappa shape index (κ1) is 15.3. The van der Waals surface area contributed by atoms with Gasteiger partial charge in [0.15, 0.2) is 5.84 Å². The molecule has 0 aliphatic heterocycles. The molecule has 5 nitrogen and oxygen atoms in total. The zero-order chi connectivity index (χ0) is 14.6. The highest BCUT2D eigenvalue weighted by Crippen LogP contribution is 2.27. The summed E-state index contributed by atoms with van der Waals surface area (Å²) in [5.74, 6) is -0.171. The SMILES string of the molecule is CCC(C)(C)C(=O)Nc1cc(C(N)=NO)ccc1Cl. The van der Waals surface area contributed by atoms with Crippen LogP contribution < -0.4 is 11.1 Å². The second kappa shape index (κ2) is 5.93. The summed E-state index contributed by atoms with van der Waals surface area (Å²) >= 11 is 6.02. The number of hydrogen-bond acceptors (Lipinski definition) is 3. The normalized spacial score (nSPS) is 12.3. The molecule has 6 heteroatoms. The summed E-state index contributed by atoms with van der Waals surface area (Å²) in [5.41, 5.74) is 5.93. The zero-order valence-corrected chi connectivity index (χ0v) is 12.0. The number of hydrogen-bond donors (Lipinski definition) is 3. The van der Waals surface area contributed by atoms with Crippen molar-refractivity contribution in [2.45, 2.75) is 27.2 Å². The van der Waals surface area contributed by atoms with Gasteiger partial charge in [-0.3, -0.25) is 4.79 Å². The highest BCUT2D eigenvalue weighted by atomic mass is 35.5. The van der Waals surface area contributed by atoms with Crippen molar-refractivity contribution in [2.24, 2.45) is 16.3 Å². The van der Waals surface area contributed by atoms with Gasteiger partial charge in [0.05, 0.1) is 10.7 Å². The van der Waals surface area contributed by atoms with E-state index in [-0.39, 0.29) is 11.7 Å². The second-order valence-corrected chi connectivity index (χ2v) is 5.28. The molecule has 19 heavy (non-hydrogen) atoms. The highest BCUT2D eigenvalue weighted by Gasteiger charge is 2.25. The van der Waals surface area contributed by atoms with Gasteiger partial charge < -0.3 is 16.3 Å². The fourth-order valence-corrected chi connectivity index (χ4v) is 1.45. The van der Waals surface area contributed by atoms with Crippen molar-refractivity contribution in [2.75, 3.05) is 5.32 Å². The van der Waals surface area contributed by atoms with E-state index >= 15 is 0 Å². The smallest absolute Gasteiger partial charge is 0.230 e. The molecule has 0 aliphatic rings. The molecule has 104 valence electrons. The highest BCUT2D eigenvalue weighted by molar-refractivity contribution is 6.34. The van der Waals surface area contributed by atoms with Crippen molar-refractivity contribution in [3.05, 3.63) is 28.8 Å². The largest absolute Gasteiger partial charge is 0.409 e. The molecule has 0 heterocycles. The second-order valence-electron chi connectivity index (χ2n) is 4.87. The number of anilines is 1. The minimum atomic E-state index is -0.490. The number of nitrogens with two attached hydrogens (primary N) is 1. The Morgan fingerprint density at radius 2 is 2.16 bits per heavy atom. The number of rotatable bonds is 4. The molecule has 0 aromatic heterocycles. The monoisotopic (exact) mass is 283 g/mol.